The molecule has 1 N–H and O–H groups in total. The molecule has 1 saturated heterocycles. The first-order chi connectivity index (χ1) is 14.6. The van der Waals surface area contributed by atoms with E-state index in [2.05, 4.69) is 34.5 Å². The third-order valence-electron chi connectivity index (χ3n) is 6.08. The van der Waals surface area contributed by atoms with Crippen LogP contribution >= 0.6 is 0 Å². The Kier molecular flexibility index (Phi) is 5.95. The van der Waals surface area contributed by atoms with Gasteiger partial charge in [0.15, 0.2) is 5.82 Å². The van der Waals surface area contributed by atoms with Gasteiger partial charge in [-0.3, -0.25) is 4.79 Å². The van der Waals surface area contributed by atoms with Crippen molar-refractivity contribution in [2.24, 2.45) is 0 Å². The molecule has 3 heterocycles. The summed E-state index contributed by atoms with van der Waals surface area (Å²) in [6.07, 6.45) is 3.91. The van der Waals surface area contributed by atoms with E-state index >= 15 is 0 Å². The predicted molar refractivity (Wildman–Crippen MR) is 116 cm³/mol. The number of hydrogen-bond acceptors (Lipinski definition) is 4. The smallest absolute Gasteiger partial charge is 0.230 e. The van der Waals surface area contributed by atoms with E-state index in [1.807, 2.05) is 48.0 Å². The molecule has 1 fully saturated rings. The summed E-state index contributed by atoms with van der Waals surface area (Å²) in [5, 5.41) is 7.85. The average Bonchev–Trinajstić information content (AvgIpc) is 3.09. The van der Waals surface area contributed by atoms with Crippen molar-refractivity contribution in [3.05, 3.63) is 77.2 Å². The second-order valence-corrected chi connectivity index (χ2v) is 7.82. The molecule has 0 aliphatic carbocycles. The van der Waals surface area contributed by atoms with Crippen molar-refractivity contribution in [3.63, 3.8) is 0 Å². The number of rotatable bonds is 6. The molecule has 1 aliphatic rings. The highest BCUT2D eigenvalue weighted by Crippen LogP contribution is 2.35. The van der Waals surface area contributed by atoms with E-state index in [1.54, 1.807) is 6.20 Å². The molecule has 4 rings (SSSR count). The van der Waals surface area contributed by atoms with Gasteiger partial charge in [-0.05, 0) is 56.4 Å². The number of amides is 1. The van der Waals surface area contributed by atoms with Gasteiger partial charge < -0.3 is 10.1 Å². The highest BCUT2D eigenvalue weighted by Gasteiger charge is 2.41. The van der Waals surface area contributed by atoms with Gasteiger partial charge in [0.25, 0.3) is 0 Å². The number of nitrogens with one attached hydrogen (secondary N) is 1. The van der Waals surface area contributed by atoms with Gasteiger partial charge >= 0.3 is 0 Å². The fourth-order valence-corrected chi connectivity index (χ4v) is 4.33. The maximum Gasteiger partial charge on any atom is 0.230 e. The molecule has 1 aromatic carbocycles. The van der Waals surface area contributed by atoms with Crippen molar-refractivity contribution < 1.29 is 9.53 Å². The van der Waals surface area contributed by atoms with Gasteiger partial charge in [0, 0.05) is 31.6 Å². The van der Waals surface area contributed by atoms with Crippen molar-refractivity contribution >= 4 is 5.91 Å². The largest absolute Gasteiger partial charge is 0.381 e. The number of benzene rings is 1. The minimum Gasteiger partial charge on any atom is -0.381 e. The maximum absolute atomic E-state index is 13.3. The number of carbonyl (C=O) groups excluding carboxylic acids is 1. The summed E-state index contributed by atoms with van der Waals surface area (Å²) in [5.41, 5.74) is 3.74. The Morgan fingerprint density at radius 3 is 2.53 bits per heavy atom. The third-order valence-corrected chi connectivity index (χ3v) is 6.08. The highest BCUT2D eigenvalue weighted by molar-refractivity contribution is 5.88. The molecule has 3 aromatic rings. The number of hydrogen-bond donors (Lipinski definition) is 1. The summed E-state index contributed by atoms with van der Waals surface area (Å²) < 4.78 is 7.42. The van der Waals surface area contributed by atoms with Crippen molar-refractivity contribution in [2.45, 2.75) is 38.5 Å². The van der Waals surface area contributed by atoms with Gasteiger partial charge in [-0.1, -0.05) is 36.4 Å². The van der Waals surface area contributed by atoms with Crippen molar-refractivity contribution in [2.75, 3.05) is 19.8 Å². The predicted octanol–water partition coefficient (Wildman–Crippen LogP) is 3.29. The monoisotopic (exact) mass is 404 g/mol. The van der Waals surface area contributed by atoms with Crippen LogP contribution in [0.2, 0.25) is 0 Å². The maximum atomic E-state index is 13.3. The van der Waals surface area contributed by atoms with Crippen LogP contribution in [-0.2, 0) is 21.4 Å². The average molecular weight is 405 g/mol. The van der Waals surface area contributed by atoms with E-state index in [4.69, 9.17) is 4.74 Å². The lowest BCUT2D eigenvalue weighted by atomic mass is 9.73. The minimum atomic E-state index is -0.512. The molecule has 0 radical (unpaired) electrons. The molecule has 6 heteroatoms. The molecule has 0 spiro atoms. The molecular formula is C24H28N4O2. The molecule has 6 nitrogen and oxygen atoms in total. The molecule has 1 amide bonds. The molecule has 156 valence electrons. The number of aromatic nitrogens is 3. The normalized spacial score (nSPS) is 15.7. The standard InChI is InChI=1S/C24H28N4O2/c1-18-21(19(2)28(27-18)22-10-6-7-14-25-22)11-15-26-23(29)24(12-16-30-17-13-24)20-8-4-3-5-9-20/h3-10,14H,11-13,15-17H2,1-2H3,(H,26,29). The molecule has 30 heavy (non-hydrogen) atoms. The number of ether oxygens (including phenoxy) is 1. The van der Waals surface area contributed by atoms with Crippen LogP contribution in [-0.4, -0.2) is 40.4 Å². The highest BCUT2D eigenvalue weighted by atomic mass is 16.5. The summed E-state index contributed by atoms with van der Waals surface area (Å²) in [5.74, 6) is 0.892. The lowest BCUT2D eigenvalue weighted by Crippen LogP contribution is -2.48. The van der Waals surface area contributed by atoms with Crippen LogP contribution in [0.25, 0.3) is 5.82 Å². The Bertz CT molecular complexity index is 993. The lowest BCUT2D eigenvalue weighted by molar-refractivity contribution is -0.130. The Balaban J connectivity index is 1.47. The second-order valence-electron chi connectivity index (χ2n) is 7.82. The Morgan fingerprint density at radius 1 is 1.10 bits per heavy atom. The summed E-state index contributed by atoms with van der Waals surface area (Å²) in [7, 11) is 0. The quantitative estimate of drug-likeness (QED) is 0.685. The molecule has 1 aliphatic heterocycles. The molecular weight excluding hydrogens is 376 g/mol. The van der Waals surface area contributed by atoms with Crippen molar-refractivity contribution in [1.82, 2.24) is 20.1 Å². The second kappa shape index (κ2) is 8.79. The summed E-state index contributed by atoms with van der Waals surface area (Å²) in [6.45, 7) is 5.85. The van der Waals surface area contributed by atoms with E-state index in [9.17, 15) is 4.79 Å². The van der Waals surface area contributed by atoms with E-state index < -0.39 is 5.41 Å². The zero-order chi connectivity index (χ0) is 21.0. The summed E-state index contributed by atoms with van der Waals surface area (Å²) >= 11 is 0. The van der Waals surface area contributed by atoms with Crippen molar-refractivity contribution in [3.8, 4) is 5.82 Å². The van der Waals surface area contributed by atoms with Gasteiger partial charge in [0.05, 0.1) is 11.1 Å². The third kappa shape index (κ3) is 3.87. The fourth-order valence-electron chi connectivity index (χ4n) is 4.33. The van der Waals surface area contributed by atoms with Crippen LogP contribution in [0.1, 0.15) is 35.4 Å². The van der Waals surface area contributed by atoms with Gasteiger partial charge in [-0.25, -0.2) is 9.67 Å². The zero-order valence-electron chi connectivity index (χ0n) is 17.6. The van der Waals surface area contributed by atoms with E-state index in [0.717, 1.165) is 34.8 Å². The molecule has 0 unspecified atom stereocenters. The molecule has 0 bridgehead atoms. The number of pyridine rings is 1. The van der Waals surface area contributed by atoms with Crippen LogP contribution in [0, 0.1) is 13.8 Å². The SMILES string of the molecule is Cc1nn(-c2ccccn2)c(C)c1CCNC(=O)C1(c2ccccc2)CCOCC1. The topological polar surface area (TPSA) is 69.0 Å². The fraction of sp³-hybridized carbons (Fsp3) is 0.375. The van der Waals surface area contributed by atoms with Gasteiger partial charge in [0.2, 0.25) is 5.91 Å². The van der Waals surface area contributed by atoms with Gasteiger partial charge in [-0.15, -0.1) is 0 Å². The summed E-state index contributed by atoms with van der Waals surface area (Å²) in [6, 6.07) is 15.9. The molecule has 0 saturated carbocycles. The van der Waals surface area contributed by atoms with E-state index in [1.165, 1.54) is 0 Å². The lowest BCUT2D eigenvalue weighted by Gasteiger charge is -2.36. The number of carbonyl (C=O) groups is 1. The van der Waals surface area contributed by atoms with E-state index in [0.29, 0.717) is 32.6 Å². The Hall–Kier alpha value is -2.99. The molecule has 2 aromatic heterocycles. The molecule has 0 atom stereocenters. The first-order valence-electron chi connectivity index (χ1n) is 10.5. The summed E-state index contributed by atoms with van der Waals surface area (Å²) in [4.78, 5) is 17.7. The first-order valence-corrected chi connectivity index (χ1v) is 10.5. The van der Waals surface area contributed by atoms with E-state index in [-0.39, 0.29) is 5.91 Å². The van der Waals surface area contributed by atoms with Crippen LogP contribution in [0.4, 0.5) is 0 Å². The minimum absolute atomic E-state index is 0.0874. The number of aryl methyl sites for hydroxylation is 1. The number of nitrogens with zero attached hydrogens (tertiary/aromatic N) is 3. The first kappa shape index (κ1) is 20.3. The van der Waals surface area contributed by atoms with Gasteiger partial charge in [0.1, 0.15) is 0 Å². The van der Waals surface area contributed by atoms with Crippen LogP contribution in [0.15, 0.2) is 54.7 Å². The Morgan fingerprint density at radius 2 is 1.83 bits per heavy atom. The van der Waals surface area contributed by atoms with Crippen LogP contribution in [0.3, 0.4) is 0 Å². The van der Waals surface area contributed by atoms with Crippen LogP contribution in [0.5, 0.6) is 0 Å². The van der Waals surface area contributed by atoms with Crippen molar-refractivity contribution in [1.29, 1.82) is 0 Å². The Labute approximate surface area is 177 Å². The zero-order valence-corrected chi connectivity index (χ0v) is 17.6. The van der Waals surface area contributed by atoms with Crippen LogP contribution < -0.4 is 5.32 Å². The van der Waals surface area contributed by atoms with Gasteiger partial charge in [-0.2, -0.15) is 5.10 Å².